The Hall–Kier alpha value is -4.14. The molecule has 0 saturated carbocycles. The van der Waals surface area contributed by atoms with E-state index in [9.17, 15) is 19.2 Å². The highest BCUT2D eigenvalue weighted by Gasteiger charge is 2.39. The van der Waals surface area contributed by atoms with E-state index >= 15 is 0 Å². The van der Waals surface area contributed by atoms with Gasteiger partial charge in [0.15, 0.2) is 5.57 Å². The van der Waals surface area contributed by atoms with Crippen molar-refractivity contribution in [1.29, 1.82) is 0 Å². The number of para-hydroxylation sites is 1. The van der Waals surface area contributed by atoms with Gasteiger partial charge >= 0.3 is 11.9 Å². The van der Waals surface area contributed by atoms with Crippen LogP contribution >= 0.6 is 0 Å². The molecule has 176 valence electrons. The smallest absolute Gasteiger partial charge is 0.350 e. The number of hydrogen-bond donors (Lipinski definition) is 1. The molecule has 2 amide bonds. The molecule has 2 heterocycles. The van der Waals surface area contributed by atoms with Gasteiger partial charge in [-0.2, -0.15) is 0 Å². The van der Waals surface area contributed by atoms with Gasteiger partial charge in [0.05, 0.1) is 11.3 Å². The highest BCUT2D eigenvalue weighted by molar-refractivity contribution is 6.15. The minimum Gasteiger partial charge on any atom is -0.419 e. The van der Waals surface area contributed by atoms with Crippen LogP contribution < -0.4 is 5.32 Å². The zero-order valence-electron chi connectivity index (χ0n) is 18.9. The highest BCUT2D eigenvalue weighted by Crippen LogP contribution is 2.24. The zero-order valence-corrected chi connectivity index (χ0v) is 18.9. The van der Waals surface area contributed by atoms with Crippen LogP contribution in [0.15, 0.2) is 66.4 Å². The van der Waals surface area contributed by atoms with Crippen molar-refractivity contribution < 1.29 is 28.7 Å². The van der Waals surface area contributed by atoms with Crippen LogP contribution in [-0.4, -0.2) is 65.5 Å². The number of hydrogen-bond acceptors (Lipinski definition) is 7. The maximum atomic E-state index is 13.2. The van der Waals surface area contributed by atoms with Gasteiger partial charge in [-0.25, -0.2) is 9.59 Å². The first-order valence-electron chi connectivity index (χ1n) is 10.9. The topological polar surface area (TPSA) is 105 Å². The summed E-state index contributed by atoms with van der Waals surface area (Å²) < 4.78 is 10.2. The molecular weight excluding hydrogens is 438 g/mol. The van der Waals surface area contributed by atoms with E-state index in [4.69, 9.17) is 9.47 Å². The SMILES string of the molecule is CC1(C)OC(=O)C(=CNc2ccccc2C(=O)N2CCN(C(=O)c3ccccc3)CC2)C(=O)O1. The third-order valence-electron chi connectivity index (χ3n) is 5.52. The molecule has 4 rings (SSSR count). The predicted octanol–water partition coefficient (Wildman–Crippen LogP) is 2.42. The molecule has 1 N–H and O–H groups in total. The molecule has 0 radical (unpaired) electrons. The van der Waals surface area contributed by atoms with Gasteiger partial charge in [0.2, 0.25) is 0 Å². The molecule has 2 aliphatic heterocycles. The number of nitrogens with one attached hydrogen (secondary N) is 1. The number of carbonyl (C=O) groups is 4. The third kappa shape index (κ3) is 4.93. The molecule has 0 unspecified atom stereocenters. The van der Waals surface area contributed by atoms with E-state index in [1.54, 1.807) is 46.2 Å². The Morgan fingerprint density at radius 2 is 1.35 bits per heavy atom. The Bertz CT molecular complexity index is 1130. The molecule has 2 aromatic rings. The van der Waals surface area contributed by atoms with Crippen molar-refractivity contribution in [3.05, 3.63) is 77.5 Å². The second-order valence-corrected chi connectivity index (χ2v) is 8.38. The molecule has 0 bridgehead atoms. The number of nitrogens with zero attached hydrogens (tertiary/aromatic N) is 2. The lowest BCUT2D eigenvalue weighted by Gasteiger charge is -2.35. The third-order valence-corrected chi connectivity index (χ3v) is 5.52. The summed E-state index contributed by atoms with van der Waals surface area (Å²) in [7, 11) is 0. The predicted molar refractivity (Wildman–Crippen MR) is 123 cm³/mol. The average molecular weight is 463 g/mol. The minimum atomic E-state index is -1.33. The number of carbonyl (C=O) groups excluding carboxylic acids is 4. The van der Waals surface area contributed by atoms with Gasteiger partial charge in [-0.1, -0.05) is 30.3 Å². The van der Waals surface area contributed by atoms with E-state index in [0.717, 1.165) is 0 Å². The lowest BCUT2D eigenvalue weighted by Crippen LogP contribution is -2.50. The maximum absolute atomic E-state index is 13.2. The molecule has 9 nitrogen and oxygen atoms in total. The van der Waals surface area contributed by atoms with E-state index in [1.165, 1.54) is 20.0 Å². The van der Waals surface area contributed by atoms with E-state index in [2.05, 4.69) is 5.32 Å². The second kappa shape index (κ2) is 9.38. The van der Waals surface area contributed by atoms with E-state index < -0.39 is 17.7 Å². The number of rotatable bonds is 4. The van der Waals surface area contributed by atoms with Gasteiger partial charge in [0.25, 0.3) is 17.6 Å². The largest absolute Gasteiger partial charge is 0.419 e. The normalized spacial score (nSPS) is 17.5. The first-order valence-corrected chi connectivity index (χ1v) is 10.9. The monoisotopic (exact) mass is 463 g/mol. The molecule has 34 heavy (non-hydrogen) atoms. The van der Waals surface area contributed by atoms with Crippen molar-refractivity contribution in [3.8, 4) is 0 Å². The van der Waals surface area contributed by atoms with Crippen LogP contribution in [0.3, 0.4) is 0 Å². The summed E-state index contributed by atoms with van der Waals surface area (Å²) in [6.07, 6.45) is 1.18. The molecule has 2 aliphatic rings. The molecule has 2 fully saturated rings. The summed E-state index contributed by atoms with van der Waals surface area (Å²) in [6, 6.07) is 15.8. The maximum Gasteiger partial charge on any atom is 0.350 e. The summed E-state index contributed by atoms with van der Waals surface area (Å²) in [5, 5.41) is 2.86. The van der Waals surface area contributed by atoms with Crippen LogP contribution in [0.1, 0.15) is 34.6 Å². The lowest BCUT2D eigenvalue weighted by atomic mass is 10.1. The number of cyclic esters (lactones) is 2. The minimum absolute atomic E-state index is 0.0594. The van der Waals surface area contributed by atoms with Crippen LogP contribution in [0.5, 0.6) is 0 Å². The van der Waals surface area contributed by atoms with Crippen LogP contribution in [0.2, 0.25) is 0 Å². The van der Waals surface area contributed by atoms with Crippen LogP contribution in [0.25, 0.3) is 0 Å². The van der Waals surface area contributed by atoms with Gasteiger partial charge in [-0.05, 0) is 24.3 Å². The van der Waals surface area contributed by atoms with Gasteiger partial charge in [-0.15, -0.1) is 0 Å². The Morgan fingerprint density at radius 1 is 0.824 bits per heavy atom. The van der Waals surface area contributed by atoms with Gasteiger partial charge in [-0.3, -0.25) is 9.59 Å². The second-order valence-electron chi connectivity index (χ2n) is 8.38. The summed E-state index contributed by atoms with van der Waals surface area (Å²) in [5.74, 6) is -3.23. The Morgan fingerprint density at radius 3 is 1.97 bits per heavy atom. The quantitative estimate of drug-likeness (QED) is 0.422. The van der Waals surface area contributed by atoms with E-state index in [1.807, 2.05) is 18.2 Å². The average Bonchev–Trinajstić information content (AvgIpc) is 2.83. The Balaban J connectivity index is 1.43. The van der Waals surface area contributed by atoms with Gasteiger partial charge in [0.1, 0.15) is 0 Å². The number of anilines is 1. The molecule has 9 heteroatoms. The van der Waals surface area contributed by atoms with E-state index in [0.29, 0.717) is 43.0 Å². The molecule has 2 aromatic carbocycles. The van der Waals surface area contributed by atoms with E-state index in [-0.39, 0.29) is 17.4 Å². The van der Waals surface area contributed by atoms with Crippen molar-refractivity contribution in [2.75, 3.05) is 31.5 Å². The van der Waals surface area contributed by atoms with Crippen molar-refractivity contribution in [3.63, 3.8) is 0 Å². The van der Waals surface area contributed by atoms with Gasteiger partial charge < -0.3 is 24.6 Å². The summed E-state index contributed by atoms with van der Waals surface area (Å²) in [6.45, 7) is 4.56. The molecular formula is C25H25N3O6. The number of esters is 2. The first-order chi connectivity index (χ1) is 16.2. The van der Waals surface area contributed by atoms with Crippen LogP contribution in [0, 0.1) is 0 Å². The van der Waals surface area contributed by atoms with Crippen molar-refractivity contribution >= 4 is 29.4 Å². The Kier molecular flexibility index (Phi) is 6.36. The molecule has 0 spiro atoms. The van der Waals surface area contributed by atoms with Crippen LogP contribution in [0.4, 0.5) is 5.69 Å². The summed E-state index contributed by atoms with van der Waals surface area (Å²) >= 11 is 0. The summed E-state index contributed by atoms with van der Waals surface area (Å²) in [5.41, 5.74) is 1.12. The van der Waals surface area contributed by atoms with Gasteiger partial charge in [0, 0.05) is 51.8 Å². The fraction of sp³-hybridized carbons (Fsp3) is 0.280. The molecule has 0 aliphatic carbocycles. The zero-order chi connectivity index (χ0) is 24.3. The fourth-order valence-corrected chi connectivity index (χ4v) is 3.77. The lowest BCUT2D eigenvalue weighted by molar-refractivity contribution is -0.222. The molecule has 0 aromatic heterocycles. The van der Waals surface area contributed by atoms with Crippen molar-refractivity contribution in [2.45, 2.75) is 19.6 Å². The number of ether oxygens (including phenoxy) is 2. The number of piperazine rings is 1. The fourth-order valence-electron chi connectivity index (χ4n) is 3.77. The highest BCUT2D eigenvalue weighted by atomic mass is 16.7. The standard InChI is InChI=1S/C25H25N3O6/c1-25(2)33-23(31)19(24(32)34-25)16-26-20-11-7-6-10-18(20)22(30)28-14-12-27(13-15-28)21(29)17-8-4-3-5-9-17/h3-11,16,26H,12-15H2,1-2H3. The first kappa shape index (κ1) is 23.0. The molecule has 2 saturated heterocycles. The molecule has 0 atom stereocenters. The summed E-state index contributed by atoms with van der Waals surface area (Å²) in [4.78, 5) is 53.6. The Labute approximate surface area is 196 Å². The van der Waals surface area contributed by atoms with Crippen molar-refractivity contribution in [1.82, 2.24) is 9.80 Å². The number of amides is 2. The van der Waals surface area contributed by atoms with Crippen molar-refractivity contribution in [2.24, 2.45) is 0 Å². The van der Waals surface area contributed by atoms with Crippen LogP contribution in [-0.2, 0) is 19.1 Å². The number of benzene rings is 2.